The van der Waals surface area contributed by atoms with Crippen molar-refractivity contribution < 1.29 is 18.9 Å². The number of nitrogens with one attached hydrogen (secondary N) is 2. The molecule has 0 amide bonds. The summed E-state index contributed by atoms with van der Waals surface area (Å²) in [6.45, 7) is 1.10. The minimum Gasteiger partial charge on any atom is -0.493 e. The average molecular weight is 436 g/mol. The number of nitrogen functional groups attached to an aromatic ring is 2. The first kappa shape index (κ1) is 21.0. The molecule has 2 aromatic rings. The van der Waals surface area contributed by atoms with E-state index in [1.807, 2.05) is 12.3 Å². The number of ether oxygens (including phenoxy) is 4. The van der Waals surface area contributed by atoms with Gasteiger partial charge in [-0.05, 0) is 6.07 Å². The molecule has 1 aromatic heterocycles. The first-order valence-electron chi connectivity index (χ1n) is 9.59. The Hall–Kier alpha value is -4.26. The topological polar surface area (TPSA) is 186 Å². The van der Waals surface area contributed by atoms with Crippen LogP contribution in [-0.2, 0) is 9.47 Å². The summed E-state index contributed by atoms with van der Waals surface area (Å²) in [4.78, 5) is 8.83. The van der Waals surface area contributed by atoms with Gasteiger partial charge in [0.25, 0.3) is 0 Å². The number of guanidine groups is 1. The molecule has 6 N–H and O–H groups in total. The minimum atomic E-state index is -0.780. The second kappa shape index (κ2) is 8.85. The normalized spacial score (nSPS) is 17.3. The summed E-state index contributed by atoms with van der Waals surface area (Å²) in [6, 6.07) is 6.48. The van der Waals surface area contributed by atoms with E-state index in [-0.39, 0.29) is 35.5 Å². The van der Waals surface area contributed by atoms with Crippen molar-refractivity contribution in [3.63, 3.8) is 0 Å². The Kier molecular flexibility index (Phi) is 5.81. The summed E-state index contributed by atoms with van der Waals surface area (Å²) in [5.41, 5.74) is 13.4. The van der Waals surface area contributed by atoms with E-state index >= 15 is 0 Å². The summed E-state index contributed by atoms with van der Waals surface area (Å²) in [5.74, 6) is 1.21. The van der Waals surface area contributed by atoms with Crippen LogP contribution in [0.4, 0.5) is 17.3 Å². The Morgan fingerprint density at radius 2 is 2.06 bits per heavy atom. The molecule has 0 spiro atoms. The van der Waals surface area contributed by atoms with E-state index in [1.165, 1.54) is 7.11 Å². The van der Waals surface area contributed by atoms with Gasteiger partial charge in [0.1, 0.15) is 35.9 Å². The SMILES string of the molecule is COc1cccc(C2N=C(NC#N)Nc3nc(N)c(C#N)c(N)c32)c1OCC1OCCO1. The van der Waals surface area contributed by atoms with Crippen molar-refractivity contribution in [3.05, 3.63) is 34.9 Å². The maximum absolute atomic E-state index is 9.50. The predicted octanol–water partition coefficient (Wildman–Crippen LogP) is 0.820. The molecule has 1 fully saturated rings. The number of anilines is 3. The first-order chi connectivity index (χ1) is 15.6. The quantitative estimate of drug-likeness (QED) is 0.384. The van der Waals surface area contributed by atoms with Gasteiger partial charge in [-0.1, -0.05) is 12.1 Å². The zero-order valence-corrected chi connectivity index (χ0v) is 17.1. The molecule has 1 unspecified atom stereocenters. The molecular weight excluding hydrogens is 416 g/mol. The van der Waals surface area contributed by atoms with Crippen LogP contribution in [-0.4, -0.2) is 44.2 Å². The Bertz CT molecular complexity index is 1150. The van der Waals surface area contributed by atoms with Crippen molar-refractivity contribution in [3.8, 4) is 23.8 Å². The summed E-state index contributed by atoms with van der Waals surface area (Å²) >= 11 is 0. The van der Waals surface area contributed by atoms with Crippen LogP contribution >= 0.6 is 0 Å². The van der Waals surface area contributed by atoms with E-state index in [1.54, 1.807) is 18.2 Å². The second-order valence-electron chi connectivity index (χ2n) is 6.76. The van der Waals surface area contributed by atoms with E-state index in [9.17, 15) is 5.26 Å². The monoisotopic (exact) mass is 436 g/mol. The predicted molar refractivity (Wildman–Crippen MR) is 114 cm³/mol. The summed E-state index contributed by atoms with van der Waals surface area (Å²) in [6.07, 6.45) is 1.31. The lowest BCUT2D eigenvalue weighted by atomic mass is 9.94. The molecule has 2 aliphatic heterocycles. The molecule has 0 aliphatic carbocycles. The molecule has 32 heavy (non-hydrogen) atoms. The minimum absolute atomic E-state index is 0.0362. The van der Waals surface area contributed by atoms with Gasteiger partial charge in [-0.3, -0.25) is 5.32 Å². The van der Waals surface area contributed by atoms with Crippen molar-refractivity contribution in [1.29, 1.82) is 10.5 Å². The number of nitriles is 2. The summed E-state index contributed by atoms with van der Waals surface area (Å²) in [7, 11) is 1.52. The highest BCUT2D eigenvalue weighted by atomic mass is 16.7. The van der Waals surface area contributed by atoms with E-state index in [0.717, 1.165) is 0 Å². The van der Waals surface area contributed by atoms with Crippen LogP contribution in [0.3, 0.4) is 0 Å². The van der Waals surface area contributed by atoms with Gasteiger partial charge >= 0.3 is 0 Å². The van der Waals surface area contributed by atoms with Crippen LogP contribution in [0.2, 0.25) is 0 Å². The number of hydrogen-bond donors (Lipinski definition) is 4. The molecule has 1 saturated heterocycles. The van der Waals surface area contributed by atoms with E-state index in [0.29, 0.717) is 35.8 Å². The molecule has 1 atom stereocenters. The highest BCUT2D eigenvalue weighted by Crippen LogP contribution is 2.45. The van der Waals surface area contributed by atoms with Gasteiger partial charge in [0.2, 0.25) is 5.96 Å². The number of benzene rings is 1. The zero-order valence-electron chi connectivity index (χ0n) is 17.1. The third kappa shape index (κ3) is 3.76. The fourth-order valence-corrected chi connectivity index (χ4v) is 3.52. The first-order valence-corrected chi connectivity index (χ1v) is 9.59. The number of nitrogens with zero attached hydrogens (tertiary/aromatic N) is 4. The summed E-state index contributed by atoms with van der Waals surface area (Å²) in [5, 5.41) is 23.9. The van der Waals surface area contributed by atoms with Crippen LogP contribution in [0.5, 0.6) is 11.5 Å². The Morgan fingerprint density at radius 1 is 1.28 bits per heavy atom. The van der Waals surface area contributed by atoms with Gasteiger partial charge < -0.3 is 35.7 Å². The van der Waals surface area contributed by atoms with Crippen molar-refractivity contribution in [2.24, 2.45) is 4.99 Å². The standard InChI is InChI=1S/C20H20N8O4/c1-29-12-4-2-3-10(17(12)32-8-13-30-5-6-31-13)16-14-15(23)11(7-21)18(24)27-19(14)28-20(26-16)25-9-22/h2-4,13,16H,5-6,8H2,1H3,(H6,23,24,25,26,27,28). The lowest BCUT2D eigenvalue weighted by Crippen LogP contribution is -2.33. The number of pyridine rings is 1. The largest absolute Gasteiger partial charge is 0.493 e. The Labute approximate surface area is 183 Å². The molecule has 164 valence electrons. The van der Waals surface area contributed by atoms with Crippen LogP contribution in [0.1, 0.15) is 22.7 Å². The number of rotatable bonds is 5. The van der Waals surface area contributed by atoms with Gasteiger partial charge in [-0.25, -0.2) is 9.98 Å². The van der Waals surface area contributed by atoms with Crippen LogP contribution in [0.15, 0.2) is 23.2 Å². The van der Waals surface area contributed by atoms with Crippen molar-refractivity contribution >= 4 is 23.3 Å². The lowest BCUT2D eigenvalue weighted by molar-refractivity contribution is -0.0688. The fourth-order valence-electron chi connectivity index (χ4n) is 3.52. The van der Waals surface area contributed by atoms with Crippen molar-refractivity contribution in [2.75, 3.05) is 43.7 Å². The fraction of sp³-hybridized carbons (Fsp3) is 0.300. The second-order valence-corrected chi connectivity index (χ2v) is 6.76. The smallest absolute Gasteiger partial charge is 0.211 e. The molecule has 2 aliphatic rings. The molecule has 0 saturated carbocycles. The third-order valence-electron chi connectivity index (χ3n) is 4.94. The molecule has 4 rings (SSSR count). The number of methoxy groups -OCH3 is 1. The van der Waals surface area contributed by atoms with Crippen molar-refractivity contribution in [1.82, 2.24) is 10.3 Å². The van der Waals surface area contributed by atoms with E-state index in [2.05, 4.69) is 20.6 Å². The number of nitrogens with two attached hydrogens (primary N) is 2. The highest BCUT2D eigenvalue weighted by Gasteiger charge is 2.32. The maximum Gasteiger partial charge on any atom is 0.211 e. The number of aromatic nitrogens is 1. The molecule has 12 heteroatoms. The number of para-hydroxylation sites is 1. The van der Waals surface area contributed by atoms with Gasteiger partial charge in [0.05, 0.1) is 26.0 Å². The highest BCUT2D eigenvalue weighted by molar-refractivity contribution is 5.98. The third-order valence-corrected chi connectivity index (χ3v) is 4.94. The molecule has 3 heterocycles. The lowest BCUT2D eigenvalue weighted by Gasteiger charge is -2.28. The average Bonchev–Trinajstić information content (AvgIpc) is 3.31. The number of aliphatic imine (C=N–C) groups is 1. The zero-order chi connectivity index (χ0) is 22.7. The van der Waals surface area contributed by atoms with Gasteiger partial charge in [0, 0.05) is 11.1 Å². The number of fused-ring (bicyclic) bond motifs is 1. The molecule has 12 nitrogen and oxygen atoms in total. The van der Waals surface area contributed by atoms with Crippen LogP contribution in [0.25, 0.3) is 0 Å². The Balaban J connectivity index is 1.85. The Morgan fingerprint density at radius 3 is 2.75 bits per heavy atom. The van der Waals surface area contributed by atoms with Gasteiger partial charge in [-0.15, -0.1) is 0 Å². The van der Waals surface area contributed by atoms with E-state index < -0.39 is 12.3 Å². The molecule has 0 radical (unpaired) electrons. The molecule has 0 bridgehead atoms. The maximum atomic E-state index is 9.50. The summed E-state index contributed by atoms with van der Waals surface area (Å²) < 4.78 is 22.4. The van der Waals surface area contributed by atoms with Gasteiger partial charge in [-0.2, -0.15) is 10.5 Å². The molecular formula is C20H20N8O4. The van der Waals surface area contributed by atoms with E-state index in [4.69, 9.17) is 35.7 Å². The van der Waals surface area contributed by atoms with Crippen LogP contribution < -0.4 is 31.6 Å². The van der Waals surface area contributed by atoms with Gasteiger partial charge in [0.15, 0.2) is 24.0 Å². The molecule has 1 aromatic carbocycles. The van der Waals surface area contributed by atoms with Crippen LogP contribution in [0, 0.1) is 22.8 Å². The number of hydrogen-bond acceptors (Lipinski definition) is 12. The van der Waals surface area contributed by atoms with Crippen molar-refractivity contribution in [2.45, 2.75) is 12.3 Å².